The van der Waals surface area contributed by atoms with E-state index in [0.29, 0.717) is 6.54 Å². The topological polar surface area (TPSA) is 55.2 Å². The molecule has 4 nitrogen and oxygen atoms in total. The summed E-state index contributed by atoms with van der Waals surface area (Å²) < 4.78 is 0. The lowest BCUT2D eigenvalue weighted by atomic mass is 10.2. The van der Waals surface area contributed by atoms with Crippen LogP contribution in [0.5, 0.6) is 0 Å². The van der Waals surface area contributed by atoms with E-state index in [4.69, 9.17) is 11.6 Å². The zero-order valence-electron chi connectivity index (χ0n) is 8.90. The summed E-state index contributed by atoms with van der Waals surface area (Å²) in [5, 5.41) is 14.0. The third-order valence-electron chi connectivity index (χ3n) is 2.02. The van der Waals surface area contributed by atoms with Gasteiger partial charge in [-0.05, 0) is 17.9 Å². The van der Waals surface area contributed by atoms with Gasteiger partial charge in [0.15, 0.2) is 0 Å². The van der Waals surface area contributed by atoms with Crippen molar-refractivity contribution in [3.63, 3.8) is 0 Å². The Bertz CT molecular complexity index is 374. The molecule has 0 aromatic heterocycles. The van der Waals surface area contributed by atoms with Gasteiger partial charge >= 0.3 is 0 Å². The summed E-state index contributed by atoms with van der Waals surface area (Å²) in [7, 11) is 0. The average Bonchev–Trinajstić information content (AvgIpc) is 2.26. The molecule has 1 aromatic carbocycles. The fraction of sp³-hybridized carbons (Fsp3) is 0.400. The summed E-state index contributed by atoms with van der Waals surface area (Å²) in [6.07, 6.45) is 2.04. The fourth-order valence-corrected chi connectivity index (χ4v) is 1.75. The second-order valence-corrected chi connectivity index (χ2v) is 4.61. The van der Waals surface area contributed by atoms with Gasteiger partial charge in [-0.1, -0.05) is 17.7 Å². The number of hydrogen-bond acceptors (Lipinski definition) is 4. The van der Waals surface area contributed by atoms with E-state index >= 15 is 0 Å². The Morgan fingerprint density at radius 2 is 2.31 bits per heavy atom. The van der Waals surface area contributed by atoms with Crippen molar-refractivity contribution in [2.75, 3.05) is 18.6 Å². The summed E-state index contributed by atoms with van der Waals surface area (Å²) in [6, 6.07) is 4.86. The Kier molecular flexibility index (Phi) is 5.59. The predicted molar refractivity (Wildman–Crippen MR) is 68.2 cm³/mol. The van der Waals surface area contributed by atoms with Gasteiger partial charge in [0, 0.05) is 24.9 Å². The van der Waals surface area contributed by atoms with Crippen molar-refractivity contribution < 1.29 is 4.92 Å². The molecule has 1 aromatic rings. The number of nitro benzene ring substituents is 1. The van der Waals surface area contributed by atoms with E-state index in [2.05, 4.69) is 5.32 Å². The number of nitro groups is 1. The van der Waals surface area contributed by atoms with Crippen molar-refractivity contribution in [2.24, 2.45) is 0 Å². The third kappa shape index (κ3) is 4.00. The molecule has 0 radical (unpaired) electrons. The van der Waals surface area contributed by atoms with E-state index in [0.717, 1.165) is 17.9 Å². The van der Waals surface area contributed by atoms with Gasteiger partial charge in [-0.2, -0.15) is 11.8 Å². The first kappa shape index (κ1) is 13.3. The van der Waals surface area contributed by atoms with E-state index in [9.17, 15) is 10.1 Å². The molecule has 0 aliphatic rings. The van der Waals surface area contributed by atoms with E-state index in [1.54, 1.807) is 23.9 Å². The molecule has 6 heteroatoms. The Morgan fingerprint density at radius 1 is 1.56 bits per heavy atom. The standard InChI is InChI=1S/C10H13ClN2O2S/c1-16-5-4-12-7-8-2-3-9(11)10(6-8)13(14)15/h2-3,6,12H,4-5,7H2,1H3. The Hall–Kier alpha value is -0.780. The molecule has 0 amide bonds. The Morgan fingerprint density at radius 3 is 2.94 bits per heavy atom. The summed E-state index contributed by atoms with van der Waals surface area (Å²) in [4.78, 5) is 10.2. The van der Waals surface area contributed by atoms with Crippen LogP contribution >= 0.6 is 23.4 Å². The molecular weight excluding hydrogens is 248 g/mol. The maximum absolute atomic E-state index is 10.6. The second kappa shape index (κ2) is 6.73. The van der Waals surface area contributed by atoms with Crippen LogP contribution in [0.25, 0.3) is 0 Å². The van der Waals surface area contributed by atoms with E-state index < -0.39 is 4.92 Å². The number of nitrogens with zero attached hydrogens (tertiary/aromatic N) is 1. The predicted octanol–water partition coefficient (Wildman–Crippen LogP) is 2.70. The van der Waals surface area contributed by atoms with Gasteiger partial charge in [0.1, 0.15) is 5.02 Å². The smallest absolute Gasteiger partial charge is 0.288 e. The first-order valence-corrected chi connectivity index (χ1v) is 6.55. The first-order chi connectivity index (χ1) is 7.65. The van der Waals surface area contributed by atoms with Gasteiger partial charge in [0.25, 0.3) is 5.69 Å². The Balaban J connectivity index is 2.61. The molecule has 0 bridgehead atoms. The van der Waals surface area contributed by atoms with Crippen molar-refractivity contribution in [3.05, 3.63) is 38.9 Å². The van der Waals surface area contributed by atoms with Gasteiger partial charge in [0.2, 0.25) is 0 Å². The molecule has 0 aliphatic heterocycles. The molecule has 0 spiro atoms. The summed E-state index contributed by atoms with van der Waals surface area (Å²) in [5.74, 6) is 1.02. The van der Waals surface area contributed by atoms with Crippen LogP contribution in [0.2, 0.25) is 5.02 Å². The maximum atomic E-state index is 10.6. The Labute approximate surface area is 104 Å². The number of halogens is 1. The van der Waals surface area contributed by atoms with Crippen molar-refractivity contribution in [1.29, 1.82) is 0 Å². The van der Waals surface area contributed by atoms with Crippen molar-refractivity contribution >= 4 is 29.1 Å². The summed E-state index contributed by atoms with van der Waals surface area (Å²) in [5.41, 5.74) is 0.836. The first-order valence-electron chi connectivity index (χ1n) is 4.77. The molecule has 0 unspecified atom stereocenters. The molecule has 0 fully saturated rings. The number of hydrogen-bond donors (Lipinski definition) is 1. The van der Waals surface area contributed by atoms with E-state index in [1.165, 1.54) is 6.07 Å². The minimum atomic E-state index is -0.465. The largest absolute Gasteiger partial charge is 0.312 e. The molecule has 1 N–H and O–H groups in total. The van der Waals surface area contributed by atoms with Crippen molar-refractivity contribution in [3.8, 4) is 0 Å². The highest BCUT2D eigenvalue weighted by molar-refractivity contribution is 7.98. The zero-order valence-corrected chi connectivity index (χ0v) is 10.5. The molecular formula is C10H13ClN2O2S. The second-order valence-electron chi connectivity index (χ2n) is 3.21. The molecule has 0 saturated heterocycles. The quantitative estimate of drug-likeness (QED) is 0.485. The minimum Gasteiger partial charge on any atom is -0.312 e. The minimum absolute atomic E-state index is 0.0363. The van der Waals surface area contributed by atoms with Gasteiger partial charge in [0.05, 0.1) is 4.92 Å². The van der Waals surface area contributed by atoms with Gasteiger partial charge in [-0.3, -0.25) is 10.1 Å². The van der Waals surface area contributed by atoms with Crippen LogP contribution in [0.3, 0.4) is 0 Å². The van der Waals surface area contributed by atoms with Crippen molar-refractivity contribution in [1.82, 2.24) is 5.32 Å². The molecule has 0 atom stereocenters. The fourth-order valence-electron chi connectivity index (χ4n) is 1.22. The van der Waals surface area contributed by atoms with Gasteiger partial charge in [-0.25, -0.2) is 0 Å². The molecule has 0 heterocycles. The van der Waals surface area contributed by atoms with Crippen LogP contribution < -0.4 is 5.32 Å². The molecule has 0 saturated carbocycles. The highest BCUT2D eigenvalue weighted by Crippen LogP contribution is 2.24. The summed E-state index contributed by atoms with van der Waals surface area (Å²) >= 11 is 7.46. The van der Waals surface area contributed by atoms with Crippen LogP contribution in [0.15, 0.2) is 18.2 Å². The maximum Gasteiger partial charge on any atom is 0.288 e. The van der Waals surface area contributed by atoms with Crippen LogP contribution in [-0.4, -0.2) is 23.5 Å². The van der Waals surface area contributed by atoms with Crippen LogP contribution in [0, 0.1) is 10.1 Å². The van der Waals surface area contributed by atoms with Gasteiger partial charge in [-0.15, -0.1) is 0 Å². The van der Waals surface area contributed by atoms with E-state index in [1.807, 2.05) is 6.26 Å². The van der Waals surface area contributed by atoms with Gasteiger partial charge < -0.3 is 5.32 Å². The molecule has 1 rings (SSSR count). The van der Waals surface area contributed by atoms with Crippen LogP contribution in [0.4, 0.5) is 5.69 Å². The number of nitrogens with one attached hydrogen (secondary N) is 1. The average molecular weight is 261 g/mol. The zero-order chi connectivity index (χ0) is 12.0. The number of thioether (sulfide) groups is 1. The highest BCUT2D eigenvalue weighted by atomic mass is 35.5. The monoisotopic (exact) mass is 260 g/mol. The molecule has 88 valence electrons. The molecule has 0 aliphatic carbocycles. The lowest BCUT2D eigenvalue weighted by molar-refractivity contribution is -0.384. The van der Waals surface area contributed by atoms with Crippen molar-refractivity contribution in [2.45, 2.75) is 6.54 Å². The summed E-state index contributed by atoms with van der Waals surface area (Å²) in [6.45, 7) is 1.51. The lowest BCUT2D eigenvalue weighted by Gasteiger charge is -2.04. The normalized spacial score (nSPS) is 10.4. The van der Waals surface area contributed by atoms with Crippen LogP contribution in [0.1, 0.15) is 5.56 Å². The SMILES string of the molecule is CSCCNCc1ccc(Cl)c([N+](=O)[O-])c1. The third-order valence-corrected chi connectivity index (χ3v) is 2.95. The van der Waals surface area contributed by atoms with Crippen LogP contribution in [-0.2, 0) is 6.54 Å². The number of rotatable bonds is 6. The number of benzene rings is 1. The molecule has 16 heavy (non-hydrogen) atoms. The lowest BCUT2D eigenvalue weighted by Crippen LogP contribution is -2.16. The highest BCUT2D eigenvalue weighted by Gasteiger charge is 2.12. The van der Waals surface area contributed by atoms with E-state index in [-0.39, 0.29) is 10.7 Å².